The van der Waals surface area contributed by atoms with Crippen LogP contribution in [0.2, 0.25) is 0 Å². The first-order valence-electron chi connectivity index (χ1n) is 11.7. The summed E-state index contributed by atoms with van der Waals surface area (Å²) in [7, 11) is 2.93. The second kappa shape index (κ2) is 11.8. The zero-order valence-corrected chi connectivity index (χ0v) is 21.1. The largest absolute Gasteiger partial charge is 0.495 e. The SMILES string of the molecule is COc1ccccc1NC(=O)CN1C(=O)N/C(=C/c2ccc(OCc3ccc(C(=O)O)cc3)c(OC)c2)C1=O. The third-order valence-electron chi connectivity index (χ3n) is 5.74. The van der Waals surface area contributed by atoms with Gasteiger partial charge in [-0.1, -0.05) is 30.3 Å². The van der Waals surface area contributed by atoms with Gasteiger partial charge in [0.15, 0.2) is 11.5 Å². The van der Waals surface area contributed by atoms with Crippen molar-refractivity contribution < 1.29 is 38.5 Å². The number of imide groups is 1. The number of methoxy groups -OCH3 is 2. The lowest BCUT2D eigenvalue weighted by Gasteiger charge is -2.13. The van der Waals surface area contributed by atoms with E-state index in [9.17, 15) is 19.2 Å². The molecule has 0 unspecified atom stereocenters. The highest BCUT2D eigenvalue weighted by Gasteiger charge is 2.35. The topological polar surface area (TPSA) is 144 Å². The van der Waals surface area contributed by atoms with Crippen LogP contribution >= 0.6 is 0 Å². The van der Waals surface area contributed by atoms with Crippen molar-refractivity contribution in [3.8, 4) is 17.2 Å². The van der Waals surface area contributed by atoms with Gasteiger partial charge in [-0.05, 0) is 53.6 Å². The van der Waals surface area contributed by atoms with E-state index in [1.807, 2.05) is 0 Å². The minimum absolute atomic E-state index is 0.000617. The number of aromatic carboxylic acids is 1. The predicted molar refractivity (Wildman–Crippen MR) is 141 cm³/mol. The number of ether oxygens (including phenoxy) is 3. The molecule has 3 aromatic carbocycles. The van der Waals surface area contributed by atoms with Crippen LogP contribution in [0.4, 0.5) is 10.5 Å². The van der Waals surface area contributed by atoms with Crippen molar-refractivity contribution in [3.05, 3.63) is 89.1 Å². The summed E-state index contributed by atoms with van der Waals surface area (Å²) in [4.78, 5) is 49.6. The van der Waals surface area contributed by atoms with Crippen LogP contribution in [0.25, 0.3) is 6.08 Å². The summed E-state index contributed by atoms with van der Waals surface area (Å²) in [6.07, 6.45) is 1.47. The molecule has 1 aliphatic heterocycles. The van der Waals surface area contributed by atoms with Crippen LogP contribution < -0.4 is 24.8 Å². The van der Waals surface area contributed by atoms with Gasteiger partial charge in [0.1, 0.15) is 24.6 Å². The molecule has 0 bridgehead atoms. The molecule has 4 rings (SSSR count). The maximum absolute atomic E-state index is 12.9. The average molecular weight is 532 g/mol. The maximum Gasteiger partial charge on any atom is 0.335 e. The highest BCUT2D eigenvalue weighted by Crippen LogP contribution is 2.30. The Morgan fingerprint density at radius 2 is 1.67 bits per heavy atom. The number of para-hydroxylation sites is 2. The Morgan fingerprint density at radius 1 is 0.949 bits per heavy atom. The molecule has 0 aromatic heterocycles. The quantitative estimate of drug-likeness (QED) is 0.266. The second-order valence-corrected chi connectivity index (χ2v) is 8.33. The van der Waals surface area contributed by atoms with Gasteiger partial charge in [-0.15, -0.1) is 0 Å². The number of carboxylic acid groups (broad SMARTS) is 1. The molecule has 0 saturated carbocycles. The number of carbonyl (C=O) groups is 4. The van der Waals surface area contributed by atoms with Crippen LogP contribution in [0.15, 0.2) is 72.4 Å². The van der Waals surface area contributed by atoms with Gasteiger partial charge < -0.3 is 30.0 Å². The molecule has 4 amide bonds. The van der Waals surface area contributed by atoms with E-state index in [2.05, 4.69) is 10.6 Å². The Labute approximate surface area is 223 Å². The summed E-state index contributed by atoms with van der Waals surface area (Å²) in [5.41, 5.74) is 1.91. The molecule has 0 aliphatic carbocycles. The van der Waals surface area contributed by atoms with E-state index >= 15 is 0 Å². The lowest BCUT2D eigenvalue weighted by molar-refractivity contribution is -0.127. The van der Waals surface area contributed by atoms with Gasteiger partial charge in [-0.2, -0.15) is 0 Å². The van der Waals surface area contributed by atoms with Crippen molar-refractivity contribution in [2.45, 2.75) is 6.61 Å². The summed E-state index contributed by atoms with van der Waals surface area (Å²) in [5.74, 6) is -0.967. The minimum Gasteiger partial charge on any atom is -0.495 e. The zero-order valence-electron chi connectivity index (χ0n) is 21.1. The van der Waals surface area contributed by atoms with Crippen molar-refractivity contribution in [1.82, 2.24) is 10.2 Å². The highest BCUT2D eigenvalue weighted by molar-refractivity contribution is 6.16. The first kappa shape index (κ1) is 26.7. The zero-order chi connectivity index (χ0) is 27.9. The monoisotopic (exact) mass is 531 g/mol. The van der Waals surface area contributed by atoms with Crippen molar-refractivity contribution in [2.75, 3.05) is 26.1 Å². The molecule has 11 nitrogen and oxygen atoms in total. The Morgan fingerprint density at radius 3 is 2.36 bits per heavy atom. The van der Waals surface area contributed by atoms with Crippen molar-refractivity contribution in [1.29, 1.82) is 0 Å². The predicted octanol–water partition coefficient (Wildman–Crippen LogP) is 3.51. The van der Waals surface area contributed by atoms with Crippen LogP contribution in [-0.4, -0.2) is 54.6 Å². The van der Waals surface area contributed by atoms with Crippen LogP contribution in [0.5, 0.6) is 17.2 Å². The number of nitrogens with zero attached hydrogens (tertiary/aromatic N) is 1. The maximum atomic E-state index is 12.9. The van der Waals surface area contributed by atoms with Crippen molar-refractivity contribution >= 4 is 35.6 Å². The van der Waals surface area contributed by atoms with Gasteiger partial charge in [0.05, 0.1) is 25.5 Å². The minimum atomic E-state index is -1.01. The molecule has 1 heterocycles. The molecule has 1 saturated heterocycles. The number of anilines is 1. The smallest absolute Gasteiger partial charge is 0.335 e. The third kappa shape index (κ3) is 6.34. The number of rotatable bonds is 10. The number of benzene rings is 3. The van der Waals surface area contributed by atoms with Crippen molar-refractivity contribution in [2.24, 2.45) is 0 Å². The molecular weight excluding hydrogens is 506 g/mol. The average Bonchev–Trinajstić information content (AvgIpc) is 3.19. The van der Waals surface area contributed by atoms with Gasteiger partial charge in [0, 0.05) is 0 Å². The molecule has 0 radical (unpaired) electrons. The summed E-state index contributed by atoms with van der Waals surface area (Å²) in [6, 6.07) is 17.3. The van der Waals surface area contributed by atoms with E-state index in [0.717, 1.165) is 10.5 Å². The number of hydrogen-bond acceptors (Lipinski definition) is 7. The number of carbonyl (C=O) groups excluding carboxylic acids is 3. The van der Waals surface area contributed by atoms with E-state index in [0.29, 0.717) is 28.5 Å². The standard InChI is InChI=1S/C28H25N3O8/c1-37-22-6-4-3-5-20(22)29-25(32)15-31-26(33)21(30-28(31)36)13-18-9-12-23(24(14-18)38-2)39-16-17-7-10-19(11-8-17)27(34)35/h3-14H,15-16H2,1-2H3,(H,29,32)(H,30,36)(H,34,35)/b21-13+. The molecule has 11 heteroatoms. The van der Waals surface area contributed by atoms with E-state index in [1.165, 1.54) is 32.4 Å². The summed E-state index contributed by atoms with van der Waals surface area (Å²) < 4.78 is 16.4. The highest BCUT2D eigenvalue weighted by atomic mass is 16.5. The van der Waals surface area contributed by atoms with Gasteiger partial charge >= 0.3 is 12.0 Å². The molecule has 1 aliphatic rings. The van der Waals surface area contributed by atoms with Crippen LogP contribution in [0, 0.1) is 0 Å². The fourth-order valence-corrected chi connectivity index (χ4v) is 3.76. The normalized spacial score (nSPS) is 13.7. The molecule has 3 N–H and O–H groups in total. The first-order valence-corrected chi connectivity index (χ1v) is 11.7. The molecule has 1 fully saturated rings. The fourth-order valence-electron chi connectivity index (χ4n) is 3.76. The Hall–Kier alpha value is -5.32. The van der Waals surface area contributed by atoms with E-state index in [4.69, 9.17) is 19.3 Å². The van der Waals surface area contributed by atoms with E-state index < -0.39 is 30.4 Å². The lowest BCUT2D eigenvalue weighted by atomic mass is 10.1. The Balaban J connectivity index is 1.42. The van der Waals surface area contributed by atoms with E-state index in [1.54, 1.807) is 54.6 Å². The first-order chi connectivity index (χ1) is 18.8. The number of nitrogens with one attached hydrogen (secondary N) is 2. The summed E-state index contributed by atoms with van der Waals surface area (Å²) >= 11 is 0. The second-order valence-electron chi connectivity index (χ2n) is 8.33. The van der Waals surface area contributed by atoms with Gasteiger partial charge in [-0.3, -0.25) is 9.59 Å². The van der Waals surface area contributed by atoms with Crippen LogP contribution in [0.3, 0.4) is 0 Å². The molecule has 3 aromatic rings. The summed E-state index contributed by atoms with van der Waals surface area (Å²) in [6.45, 7) is -0.305. The number of urea groups is 1. The summed E-state index contributed by atoms with van der Waals surface area (Å²) in [5, 5.41) is 14.1. The van der Waals surface area contributed by atoms with Gasteiger partial charge in [-0.25, -0.2) is 14.5 Å². The third-order valence-corrected chi connectivity index (χ3v) is 5.74. The number of hydrogen-bond donors (Lipinski definition) is 3. The number of carboxylic acids is 1. The fraction of sp³-hybridized carbons (Fsp3) is 0.143. The van der Waals surface area contributed by atoms with Gasteiger partial charge in [0.2, 0.25) is 5.91 Å². The number of amides is 4. The molecule has 200 valence electrons. The van der Waals surface area contributed by atoms with Crippen LogP contribution in [0.1, 0.15) is 21.5 Å². The molecule has 39 heavy (non-hydrogen) atoms. The van der Waals surface area contributed by atoms with Crippen LogP contribution in [-0.2, 0) is 16.2 Å². The molecular formula is C28H25N3O8. The van der Waals surface area contributed by atoms with E-state index in [-0.39, 0.29) is 17.9 Å². The lowest BCUT2D eigenvalue weighted by Crippen LogP contribution is -2.38. The van der Waals surface area contributed by atoms with Gasteiger partial charge in [0.25, 0.3) is 5.91 Å². The molecule has 0 spiro atoms. The Kier molecular flexibility index (Phi) is 8.10. The van der Waals surface area contributed by atoms with Crippen molar-refractivity contribution in [3.63, 3.8) is 0 Å². The Bertz CT molecular complexity index is 1450. The molecule has 0 atom stereocenters.